The van der Waals surface area contributed by atoms with Gasteiger partial charge in [0.05, 0.1) is 0 Å². The van der Waals surface area contributed by atoms with E-state index in [0.29, 0.717) is 0 Å². The van der Waals surface area contributed by atoms with E-state index < -0.39 is 0 Å². The summed E-state index contributed by atoms with van der Waals surface area (Å²) in [6, 6.07) is 0. The Labute approximate surface area is 210 Å². The molecule has 0 saturated carbocycles. The SMILES string of the molecule is CC1CC[N-]CC1.CC1CC[N-]CC1.CC1CC[N-]CC1.CC1CC[N-]CC1.[Cl][Rh][Cl]. The molecule has 4 aliphatic rings. The van der Waals surface area contributed by atoms with E-state index in [-0.39, 0.29) is 15.1 Å². The van der Waals surface area contributed by atoms with E-state index in [1.54, 1.807) is 0 Å². The third-order valence-corrected chi connectivity index (χ3v) is 6.24. The Bertz CT molecular complexity index is 278. The van der Waals surface area contributed by atoms with Crippen molar-refractivity contribution in [2.45, 2.75) is 79.1 Å². The molecule has 0 N–H and O–H groups in total. The maximum atomic E-state index is 4.83. The summed E-state index contributed by atoms with van der Waals surface area (Å²) >= 11 is -0.226. The Balaban J connectivity index is 0.000000371. The summed E-state index contributed by atoms with van der Waals surface area (Å²) in [6.45, 7) is 18.1. The summed E-state index contributed by atoms with van der Waals surface area (Å²) in [5.74, 6) is 3.77. The van der Waals surface area contributed by atoms with Gasteiger partial charge in [0.25, 0.3) is 0 Å². The van der Waals surface area contributed by atoms with Crippen LogP contribution < -0.4 is 0 Å². The Morgan fingerprint density at radius 1 is 0.419 bits per heavy atom. The first kappa shape index (κ1) is 32.0. The molecule has 4 nitrogen and oxygen atoms in total. The zero-order valence-electron chi connectivity index (χ0n) is 20.5. The molecule has 0 amide bonds. The van der Waals surface area contributed by atoms with E-state index in [9.17, 15) is 0 Å². The molecule has 31 heavy (non-hydrogen) atoms. The van der Waals surface area contributed by atoms with Crippen LogP contribution in [0.25, 0.3) is 21.3 Å². The molecule has 4 fully saturated rings. The Morgan fingerprint density at radius 2 is 0.548 bits per heavy atom. The van der Waals surface area contributed by atoms with Crippen molar-refractivity contribution < 1.29 is 15.1 Å². The van der Waals surface area contributed by atoms with Gasteiger partial charge in [-0.2, -0.15) is 0 Å². The van der Waals surface area contributed by atoms with Crippen LogP contribution in [0.1, 0.15) is 79.1 Å². The fourth-order valence-corrected chi connectivity index (χ4v) is 3.52. The second-order valence-electron chi connectivity index (χ2n) is 9.46. The van der Waals surface area contributed by atoms with E-state index in [1.807, 2.05) is 0 Å². The monoisotopic (exact) mass is 565 g/mol. The van der Waals surface area contributed by atoms with Crippen LogP contribution >= 0.6 is 19.4 Å². The topological polar surface area (TPSA) is 56.4 Å². The van der Waals surface area contributed by atoms with Gasteiger partial charge < -0.3 is 21.3 Å². The van der Waals surface area contributed by atoms with E-state index in [0.717, 1.165) is 76.0 Å². The summed E-state index contributed by atoms with van der Waals surface area (Å²) < 4.78 is 0. The van der Waals surface area contributed by atoms with Crippen molar-refractivity contribution in [3.8, 4) is 0 Å². The third kappa shape index (κ3) is 24.0. The molecule has 0 aromatic rings. The first-order valence-electron chi connectivity index (χ1n) is 12.4. The Hall–Kier alpha value is 1.04. The average molecular weight is 566 g/mol. The molecular weight excluding hydrogens is 518 g/mol. The summed E-state index contributed by atoms with van der Waals surface area (Å²) in [7, 11) is 9.67. The second-order valence-corrected chi connectivity index (χ2v) is 11.9. The minimum atomic E-state index is -0.226. The zero-order chi connectivity index (χ0) is 23.2. The first-order chi connectivity index (χ1) is 15.0. The van der Waals surface area contributed by atoms with Crippen LogP contribution in [0.5, 0.6) is 0 Å². The molecule has 0 aliphatic carbocycles. The van der Waals surface area contributed by atoms with Crippen LogP contribution in [0.3, 0.4) is 0 Å². The van der Waals surface area contributed by atoms with E-state index in [2.05, 4.69) is 49.0 Å². The molecular formula is C24H48Cl2N4Rh-4. The fourth-order valence-electron chi connectivity index (χ4n) is 3.52. The van der Waals surface area contributed by atoms with Crippen LogP contribution in [-0.2, 0) is 15.1 Å². The van der Waals surface area contributed by atoms with Gasteiger partial charge in [-0.15, -0.1) is 52.4 Å². The van der Waals surface area contributed by atoms with Crippen LogP contribution in [0.2, 0.25) is 0 Å². The number of hydrogen-bond donors (Lipinski definition) is 0. The molecule has 191 valence electrons. The fraction of sp³-hybridized carbons (Fsp3) is 1.00. The zero-order valence-corrected chi connectivity index (χ0v) is 23.7. The quantitative estimate of drug-likeness (QED) is 0.264. The minimum absolute atomic E-state index is 0.226. The van der Waals surface area contributed by atoms with Gasteiger partial charge in [-0.3, -0.25) is 0 Å². The van der Waals surface area contributed by atoms with Gasteiger partial charge in [0.1, 0.15) is 0 Å². The Morgan fingerprint density at radius 3 is 0.613 bits per heavy atom. The molecule has 4 saturated heterocycles. The predicted octanol–water partition coefficient (Wildman–Crippen LogP) is 8.54. The van der Waals surface area contributed by atoms with Gasteiger partial charge in [-0.05, 0) is 23.7 Å². The van der Waals surface area contributed by atoms with Crippen molar-refractivity contribution in [2.75, 3.05) is 52.4 Å². The van der Waals surface area contributed by atoms with Gasteiger partial charge in [0.2, 0.25) is 0 Å². The average Bonchev–Trinajstić information content (AvgIpc) is 2.78. The molecule has 0 unspecified atom stereocenters. The van der Waals surface area contributed by atoms with E-state index in [1.165, 1.54) is 51.4 Å². The number of hydrogen-bond acceptors (Lipinski definition) is 0. The van der Waals surface area contributed by atoms with Crippen LogP contribution in [0.15, 0.2) is 0 Å². The molecule has 0 aromatic carbocycles. The first-order valence-corrected chi connectivity index (χ1v) is 16.6. The van der Waals surface area contributed by atoms with Crippen molar-refractivity contribution in [3.05, 3.63) is 21.3 Å². The number of rotatable bonds is 0. The Kier molecular flexibility index (Phi) is 25.0. The molecule has 0 aromatic heterocycles. The van der Waals surface area contributed by atoms with E-state index >= 15 is 0 Å². The standard InChI is InChI=1S/4C6H12N.2ClH.Rh/c4*1-6-2-4-7-5-3-6;;;/h4*6H,2-5H2,1H3;2*1H;/q4*-1;;;+2/p-2. The second kappa shape index (κ2) is 24.2. The molecule has 4 aliphatic heterocycles. The van der Waals surface area contributed by atoms with Gasteiger partial charge in [0, 0.05) is 0 Å². The van der Waals surface area contributed by atoms with Gasteiger partial charge >= 0.3 is 34.5 Å². The normalized spacial score (nSPS) is 23.5. The summed E-state index contributed by atoms with van der Waals surface area (Å²) in [5.41, 5.74) is 0. The van der Waals surface area contributed by atoms with Crippen molar-refractivity contribution in [1.82, 2.24) is 0 Å². The van der Waals surface area contributed by atoms with Crippen molar-refractivity contribution in [1.29, 1.82) is 0 Å². The third-order valence-electron chi connectivity index (χ3n) is 6.24. The molecule has 0 atom stereocenters. The number of nitrogens with zero attached hydrogens (tertiary/aromatic N) is 4. The molecule has 7 heteroatoms. The van der Waals surface area contributed by atoms with E-state index in [4.69, 9.17) is 19.4 Å². The summed E-state index contributed by atoms with van der Waals surface area (Å²) in [6.07, 6.45) is 10.6. The summed E-state index contributed by atoms with van der Waals surface area (Å²) in [5, 5.41) is 16.9. The molecule has 4 heterocycles. The molecule has 0 spiro atoms. The molecule has 0 radical (unpaired) electrons. The van der Waals surface area contributed by atoms with Gasteiger partial charge in [-0.1, -0.05) is 79.1 Å². The number of halogens is 2. The van der Waals surface area contributed by atoms with Crippen LogP contribution in [0.4, 0.5) is 0 Å². The van der Waals surface area contributed by atoms with Crippen molar-refractivity contribution >= 4 is 19.4 Å². The molecule has 0 bridgehead atoms. The van der Waals surface area contributed by atoms with Gasteiger partial charge in [-0.25, -0.2) is 0 Å². The molecule has 4 rings (SSSR count). The van der Waals surface area contributed by atoms with Crippen LogP contribution in [-0.4, -0.2) is 52.4 Å². The maximum absolute atomic E-state index is 4.83. The predicted molar refractivity (Wildman–Crippen MR) is 138 cm³/mol. The van der Waals surface area contributed by atoms with Crippen LogP contribution in [0, 0.1) is 23.7 Å². The van der Waals surface area contributed by atoms with Gasteiger partial charge in [0.15, 0.2) is 0 Å². The van der Waals surface area contributed by atoms with Crippen molar-refractivity contribution in [3.63, 3.8) is 0 Å². The summed E-state index contributed by atoms with van der Waals surface area (Å²) in [4.78, 5) is 0. The number of piperidine rings is 4. The van der Waals surface area contributed by atoms with Crippen molar-refractivity contribution in [2.24, 2.45) is 23.7 Å².